The number of hydrogen-bond donors (Lipinski definition) is 0. The lowest BCUT2D eigenvalue weighted by molar-refractivity contribution is -0.148. The summed E-state index contributed by atoms with van der Waals surface area (Å²) in [6.45, 7) is 10.3. The molecule has 0 aromatic rings. The molecular weight excluding hydrogens is 248 g/mol. The molecule has 1 rings (SSSR count). The predicted octanol–water partition coefficient (Wildman–Crippen LogP) is 5.19. The van der Waals surface area contributed by atoms with E-state index in [9.17, 15) is 4.79 Å². The van der Waals surface area contributed by atoms with E-state index in [1.54, 1.807) is 0 Å². The molecule has 0 fully saturated rings. The van der Waals surface area contributed by atoms with Crippen LogP contribution in [0.15, 0.2) is 23.8 Å². The number of unbranched alkanes of at least 4 members (excludes halogenated alkanes) is 4. The number of carbonyl (C=O) groups is 1. The topological polar surface area (TPSA) is 26.3 Å². The van der Waals surface area contributed by atoms with Crippen molar-refractivity contribution in [1.82, 2.24) is 0 Å². The molecule has 0 bridgehead atoms. The van der Waals surface area contributed by atoms with E-state index >= 15 is 0 Å². The van der Waals surface area contributed by atoms with Gasteiger partial charge in [0, 0.05) is 6.42 Å². The molecule has 2 heteroatoms. The average Bonchev–Trinajstić information content (AvgIpc) is 2.40. The van der Waals surface area contributed by atoms with Gasteiger partial charge < -0.3 is 4.74 Å². The lowest BCUT2D eigenvalue weighted by atomic mass is 9.84. The van der Waals surface area contributed by atoms with Crippen molar-refractivity contribution < 1.29 is 9.53 Å². The molecule has 0 aromatic carbocycles. The van der Waals surface area contributed by atoms with Crippen LogP contribution in [0.3, 0.4) is 0 Å². The third kappa shape index (κ3) is 5.94. The average molecular weight is 278 g/mol. The van der Waals surface area contributed by atoms with Gasteiger partial charge in [-0.3, -0.25) is 4.79 Å². The highest BCUT2D eigenvalue weighted by Crippen LogP contribution is 2.30. The quantitative estimate of drug-likeness (QED) is 0.347. The van der Waals surface area contributed by atoms with E-state index in [2.05, 4.69) is 33.4 Å². The highest BCUT2D eigenvalue weighted by Gasteiger charge is 2.25. The molecule has 0 radical (unpaired) electrons. The smallest absolute Gasteiger partial charge is 0.306 e. The van der Waals surface area contributed by atoms with Crippen molar-refractivity contribution in [2.24, 2.45) is 5.92 Å². The van der Waals surface area contributed by atoms with Gasteiger partial charge >= 0.3 is 5.97 Å². The summed E-state index contributed by atoms with van der Waals surface area (Å²) >= 11 is 0. The largest absolute Gasteiger partial charge is 0.458 e. The molecule has 0 aliphatic heterocycles. The highest BCUT2D eigenvalue weighted by atomic mass is 16.5. The Bertz CT molecular complexity index is 354. The molecule has 0 N–H and O–H groups in total. The Morgan fingerprint density at radius 3 is 2.70 bits per heavy atom. The summed E-state index contributed by atoms with van der Waals surface area (Å²) in [4.78, 5) is 11.9. The number of esters is 1. The van der Waals surface area contributed by atoms with Crippen molar-refractivity contribution in [3.8, 4) is 0 Å². The van der Waals surface area contributed by atoms with Crippen LogP contribution in [0.25, 0.3) is 0 Å². The van der Waals surface area contributed by atoms with Crippen LogP contribution in [-0.4, -0.2) is 12.1 Å². The summed E-state index contributed by atoms with van der Waals surface area (Å²) in [5.41, 5.74) is 2.39. The maximum atomic E-state index is 11.9. The fraction of sp³-hybridized carbons (Fsp3) is 0.722. The highest BCUT2D eigenvalue weighted by molar-refractivity contribution is 5.69. The molecule has 114 valence electrons. The second-order valence-corrected chi connectivity index (χ2v) is 6.11. The van der Waals surface area contributed by atoms with E-state index < -0.39 is 0 Å². The van der Waals surface area contributed by atoms with Gasteiger partial charge in [-0.25, -0.2) is 0 Å². The SMILES string of the molecule is C=C(C)[C@@H]1CC=C(C)[C@@H](OC(=O)CCCCCCC)C1. The van der Waals surface area contributed by atoms with Crippen molar-refractivity contribution in [2.45, 2.75) is 78.2 Å². The van der Waals surface area contributed by atoms with Gasteiger partial charge in [-0.15, -0.1) is 0 Å². The standard InChI is InChI=1S/C18H30O2/c1-5-6-7-8-9-10-18(19)20-17-13-16(14(2)3)12-11-15(17)4/h11,16-17H,2,5-10,12-13H2,1,3-4H3/t16-,17+/m1/s1. The summed E-state index contributed by atoms with van der Waals surface area (Å²) in [5, 5.41) is 0. The fourth-order valence-electron chi connectivity index (χ4n) is 2.63. The van der Waals surface area contributed by atoms with Crippen molar-refractivity contribution in [3.63, 3.8) is 0 Å². The van der Waals surface area contributed by atoms with Crippen LogP contribution in [0.4, 0.5) is 0 Å². The van der Waals surface area contributed by atoms with E-state index in [1.165, 1.54) is 30.4 Å². The Labute approximate surface area is 124 Å². The lowest BCUT2D eigenvalue weighted by Gasteiger charge is -2.28. The van der Waals surface area contributed by atoms with E-state index in [-0.39, 0.29) is 12.1 Å². The maximum Gasteiger partial charge on any atom is 0.306 e. The maximum absolute atomic E-state index is 11.9. The number of allylic oxidation sites excluding steroid dienone is 2. The van der Waals surface area contributed by atoms with Crippen LogP contribution in [0.5, 0.6) is 0 Å². The molecule has 20 heavy (non-hydrogen) atoms. The fourth-order valence-corrected chi connectivity index (χ4v) is 2.63. The van der Waals surface area contributed by atoms with Gasteiger partial charge in [0.05, 0.1) is 0 Å². The molecule has 0 unspecified atom stereocenters. The molecule has 0 spiro atoms. The zero-order chi connectivity index (χ0) is 15.0. The van der Waals surface area contributed by atoms with E-state index in [4.69, 9.17) is 4.74 Å². The summed E-state index contributed by atoms with van der Waals surface area (Å²) < 4.78 is 5.64. The van der Waals surface area contributed by atoms with Crippen LogP contribution in [-0.2, 0) is 9.53 Å². The van der Waals surface area contributed by atoms with Crippen molar-refractivity contribution in [1.29, 1.82) is 0 Å². The lowest BCUT2D eigenvalue weighted by Crippen LogP contribution is -2.26. The first-order chi connectivity index (χ1) is 9.54. The summed E-state index contributed by atoms with van der Waals surface area (Å²) in [6, 6.07) is 0. The summed E-state index contributed by atoms with van der Waals surface area (Å²) in [7, 11) is 0. The van der Waals surface area contributed by atoms with Gasteiger partial charge in [-0.05, 0) is 44.6 Å². The van der Waals surface area contributed by atoms with Crippen LogP contribution >= 0.6 is 0 Å². The first kappa shape index (κ1) is 17.0. The van der Waals surface area contributed by atoms with Crippen molar-refractivity contribution >= 4 is 5.97 Å². The first-order valence-corrected chi connectivity index (χ1v) is 8.06. The van der Waals surface area contributed by atoms with Crippen molar-refractivity contribution in [2.75, 3.05) is 0 Å². The van der Waals surface area contributed by atoms with E-state index in [0.29, 0.717) is 12.3 Å². The van der Waals surface area contributed by atoms with Crippen LogP contribution in [0, 0.1) is 5.92 Å². The molecule has 0 aromatic heterocycles. The zero-order valence-corrected chi connectivity index (χ0v) is 13.4. The second-order valence-electron chi connectivity index (χ2n) is 6.11. The number of hydrogen-bond acceptors (Lipinski definition) is 2. The molecular formula is C18H30O2. The third-order valence-corrected chi connectivity index (χ3v) is 4.19. The van der Waals surface area contributed by atoms with E-state index in [0.717, 1.165) is 25.7 Å². The monoisotopic (exact) mass is 278 g/mol. The molecule has 2 atom stereocenters. The van der Waals surface area contributed by atoms with Crippen LogP contribution < -0.4 is 0 Å². The molecule has 0 amide bonds. The number of ether oxygens (including phenoxy) is 1. The summed E-state index contributed by atoms with van der Waals surface area (Å²) in [5.74, 6) is 0.419. The second kappa shape index (κ2) is 8.99. The Kier molecular flexibility index (Phi) is 7.64. The van der Waals surface area contributed by atoms with Gasteiger partial charge in [0.25, 0.3) is 0 Å². The van der Waals surface area contributed by atoms with Gasteiger partial charge in [-0.2, -0.15) is 0 Å². The molecule has 2 nitrogen and oxygen atoms in total. The zero-order valence-electron chi connectivity index (χ0n) is 13.4. The third-order valence-electron chi connectivity index (χ3n) is 4.19. The predicted molar refractivity (Wildman–Crippen MR) is 84.6 cm³/mol. The Balaban J connectivity index is 2.31. The normalized spacial score (nSPS) is 22.2. The minimum absolute atomic E-state index is 0.0337. The van der Waals surface area contributed by atoms with Gasteiger partial charge in [0.2, 0.25) is 0 Å². The summed E-state index contributed by atoms with van der Waals surface area (Å²) in [6.07, 6.45) is 10.5. The molecule has 1 aliphatic carbocycles. The number of rotatable bonds is 8. The molecule has 1 aliphatic rings. The van der Waals surface area contributed by atoms with Crippen molar-refractivity contribution in [3.05, 3.63) is 23.8 Å². The van der Waals surface area contributed by atoms with Gasteiger partial charge in [-0.1, -0.05) is 50.8 Å². The number of carbonyl (C=O) groups excluding carboxylic acids is 1. The minimum Gasteiger partial charge on any atom is -0.458 e. The first-order valence-electron chi connectivity index (χ1n) is 8.06. The van der Waals surface area contributed by atoms with Gasteiger partial charge in [0.1, 0.15) is 6.10 Å². The Morgan fingerprint density at radius 1 is 1.35 bits per heavy atom. The molecule has 0 saturated carbocycles. The van der Waals surface area contributed by atoms with Crippen LogP contribution in [0.1, 0.15) is 72.1 Å². The Morgan fingerprint density at radius 2 is 2.05 bits per heavy atom. The molecule has 0 saturated heterocycles. The van der Waals surface area contributed by atoms with Crippen LogP contribution in [0.2, 0.25) is 0 Å². The Hall–Kier alpha value is -1.05. The van der Waals surface area contributed by atoms with Gasteiger partial charge in [0.15, 0.2) is 0 Å². The molecule has 0 heterocycles. The minimum atomic E-state index is -0.0402. The van der Waals surface area contributed by atoms with E-state index in [1.807, 2.05) is 0 Å².